The molecule has 0 fully saturated rings. The molecule has 5 nitrogen and oxygen atoms in total. The van der Waals surface area contributed by atoms with Crippen molar-refractivity contribution in [2.45, 2.75) is 51.6 Å². The zero-order valence-electron chi connectivity index (χ0n) is 9.46. The van der Waals surface area contributed by atoms with Gasteiger partial charge in [0.05, 0.1) is 12.2 Å². The average molecular weight is 222 g/mol. The van der Waals surface area contributed by atoms with Gasteiger partial charge in [-0.25, -0.2) is 0 Å². The zero-order valence-corrected chi connectivity index (χ0v) is 9.46. The Hall–Kier alpha value is -0.200. The third-order valence-electron chi connectivity index (χ3n) is 2.38. The molecule has 4 atom stereocenters. The molecule has 0 spiro atoms. The molecule has 0 heterocycles. The number of aliphatic hydroxyl groups is 5. The van der Waals surface area contributed by atoms with Crippen LogP contribution in [-0.4, -0.2) is 56.6 Å². The zero-order chi connectivity index (χ0) is 12.2. The van der Waals surface area contributed by atoms with E-state index in [0.29, 0.717) is 0 Å². The molecule has 0 aliphatic carbocycles. The molecule has 0 radical (unpaired) electrons. The Bertz CT molecular complexity index is 177. The SMILES string of the molecule is CC(C)(C)[C@H](O)C(O)[C@@H](O)[C@@H](O)CCO. The second kappa shape index (κ2) is 5.77. The van der Waals surface area contributed by atoms with E-state index in [1.165, 1.54) is 0 Å². The summed E-state index contributed by atoms with van der Waals surface area (Å²) in [5.41, 5.74) is -0.584. The summed E-state index contributed by atoms with van der Waals surface area (Å²) in [5, 5.41) is 46.6. The number of hydrogen-bond donors (Lipinski definition) is 5. The van der Waals surface area contributed by atoms with Gasteiger partial charge >= 0.3 is 0 Å². The van der Waals surface area contributed by atoms with Crippen molar-refractivity contribution in [1.29, 1.82) is 0 Å². The molecule has 1 unspecified atom stereocenters. The number of hydrogen-bond acceptors (Lipinski definition) is 5. The molecule has 5 heteroatoms. The first kappa shape index (κ1) is 14.8. The fourth-order valence-electron chi connectivity index (χ4n) is 1.23. The third-order valence-corrected chi connectivity index (χ3v) is 2.38. The van der Waals surface area contributed by atoms with Gasteiger partial charge in [0, 0.05) is 6.61 Å². The monoisotopic (exact) mass is 222 g/mol. The van der Waals surface area contributed by atoms with Crippen LogP contribution in [0.5, 0.6) is 0 Å². The Kier molecular flexibility index (Phi) is 5.69. The molecule has 0 aromatic rings. The van der Waals surface area contributed by atoms with Gasteiger partial charge in [0.25, 0.3) is 0 Å². The van der Waals surface area contributed by atoms with Crippen molar-refractivity contribution in [2.75, 3.05) is 6.61 Å². The van der Waals surface area contributed by atoms with Crippen LogP contribution in [0.1, 0.15) is 27.2 Å². The molecule has 0 rings (SSSR count). The van der Waals surface area contributed by atoms with E-state index in [0.717, 1.165) is 0 Å². The van der Waals surface area contributed by atoms with Crippen molar-refractivity contribution in [3.63, 3.8) is 0 Å². The normalized spacial score (nSPS) is 20.8. The molecular formula is C10H22O5. The van der Waals surface area contributed by atoms with E-state index >= 15 is 0 Å². The van der Waals surface area contributed by atoms with Crippen LogP contribution in [0, 0.1) is 5.41 Å². The molecule has 0 aliphatic rings. The van der Waals surface area contributed by atoms with Gasteiger partial charge < -0.3 is 25.5 Å². The van der Waals surface area contributed by atoms with E-state index in [1.807, 2.05) is 0 Å². The minimum absolute atomic E-state index is 0.0326. The minimum atomic E-state index is -1.45. The van der Waals surface area contributed by atoms with Crippen molar-refractivity contribution in [3.8, 4) is 0 Å². The summed E-state index contributed by atoms with van der Waals surface area (Å²) >= 11 is 0. The summed E-state index contributed by atoms with van der Waals surface area (Å²) in [7, 11) is 0. The lowest BCUT2D eigenvalue weighted by Gasteiger charge is -2.33. The van der Waals surface area contributed by atoms with Crippen molar-refractivity contribution in [3.05, 3.63) is 0 Å². The maximum absolute atomic E-state index is 9.66. The largest absolute Gasteiger partial charge is 0.396 e. The van der Waals surface area contributed by atoms with Gasteiger partial charge in [-0.1, -0.05) is 20.8 Å². The Morgan fingerprint density at radius 2 is 1.40 bits per heavy atom. The number of aliphatic hydroxyl groups excluding tert-OH is 5. The number of rotatable bonds is 5. The van der Waals surface area contributed by atoms with Crippen molar-refractivity contribution >= 4 is 0 Å². The van der Waals surface area contributed by atoms with E-state index in [9.17, 15) is 20.4 Å². The lowest BCUT2D eigenvalue weighted by molar-refractivity contribution is -0.133. The molecule has 0 aromatic carbocycles. The van der Waals surface area contributed by atoms with E-state index in [2.05, 4.69) is 0 Å². The summed E-state index contributed by atoms with van der Waals surface area (Å²) in [5.74, 6) is 0. The van der Waals surface area contributed by atoms with Crippen molar-refractivity contribution in [1.82, 2.24) is 0 Å². The van der Waals surface area contributed by atoms with Crippen LogP contribution in [0.3, 0.4) is 0 Å². The third kappa shape index (κ3) is 4.44. The smallest absolute Gasteiger partial charge is 0.109 e. The van der Waals surface area contributed by atoms with Crippen LogP contribution in [0.25, 0.3) is 0 Å². The highest BCUT2D eigenvalue weighted by Crippen LogP contribution is 2.24. The summed E-state index contributed by atoms with van der Waals surface area (Å²) in [4.78, 5) is 0. The Morgan fingerprint density at radius 1 is 0.933 bits per heavy atom. The van der Waals surface area contributed by atoms with Gasteiger partial charge in [-0.05, 0) is 11.8 Å². The highest BCUT2D eigenvalue weighted by atomic mass is 16.4. The summed E-state index contributed by atoms with van der Waals surface area (Å²) in [6.07, 6.45) is -5.28. The molecule has 15 heavy (non-hydrogen) atoms. The Labute approximate surface area is 90.0 Å². The van der Waals surface area contributed by atoms with Crippen LogP contribution in [-0.2, 0) is 0 Å². The van der Waals surface area contributed by atoms with Crippen LogP contribution < -0.4 is 0 Å². The Morgan fingerprint density at radius 3 is 1.73 bits per heavy atom. The van der Waals surface area contributed by atoms with Crippen molar-refractivity contribution in [2.24, 2.45) is 5.41 Å². The lowest BCUT2D eigenvalue weighted by atomic mass is 9.83. The van der Waals surface area contributed by atoms with E-state index in [1.54, 1.807) is 20.8 Å². The van der Waals surface area contributed by atoms with Crippen molar-refractivity contribution < 1.29 is 25.5 Å². The van der Waals surface area contributed by atoms with Gasteiger partial charge in [-0.2, -0.15) is 0 Å². The fourth-order valence-corrected chi connectivity index (χ4v) is 1.23. The van der Waals surface area contributed by atoms with Gasteiger partial charge in [-0.3, -0.25) is 0 Å². The first-order valence-electron chi connectivity index (χ1n) is 5.05. The van der Waals surface area contributed by atoms with E-state index in [4.69, 9.17) is 5.11 Å². The molecule has 0 aliphatic heterocycles. The van der Waals surface area contributed by atoms with Gasteiger partial charge in [0.15, 0.2) is 0 Å². The second-order valence-corrected chi connectivity index (χ2v) is 4.87. The molecule has 0 saturated carbocycles. The molecule has 0 bridgehead atoms. The minimum Gasteiger partial charge on any atom is -0.396 e. The highest BCUT2D eigenvalue weighted by molar-refractivity contribution is 4.86. The van der Waals surface area contributed by atoms with Gasteiger partial charge in [-0.15, -0.1) is 0 Å². The predicted molar refractivity (Wildman–Crippen MR) is 55.2 cm³/mol. The maximum Gasteiger partial charge on any atom is 0.109 e. The molecule has 0 amide bonds. The fraction of sp³-hybridized carbons (Fsp3) is 1.00. The first-order valence-corrected chi connectivity index (χ1v) is 5.05. The summed E-state index contributed by atoms with van der Waals surface area (Å²) < 4.78 is 0. The van der Waals surface area contributed by atoms with Gasteiger partial charge in [0.2, 0.25) is 0 Å². The van der Waals surface area contributed by atoms with Crippen LogP contribution >= 0.6 is 0 Å². The quantitative estimate of drug-likeness (QED) is 0.405. The van der Waals surface area contributed by atoms with Crippen LogP contribution in [0.2, 0.25) is 0 Å². The molecule has 0 aromatic heterocycles. The molecule has 92 valence electrons. The summed E-state index contributed by atoms with van der Waals surface area (Å²) in [6.45, 7) is 4.86. The van der Waals surface area contributed by atoms with E-state index in [-0.39, 0.29) is 13.0 Å². The highest BCUT2D eigenvalue weighted by Gasteiger charge is 2.36. The predicted octanol–water partition coefficient (Wildman–Crippen LogP) is -1.14. The maximum atomic E-state index is 9.66. The molecule has 5 N–H and O–H groups in total. The molecule has 0 saturated heterocycles. The van der Waals surface area contributed by atoms with Crippen LogP contribution in [0.4, 0.5) is 0 Å². The topological polar surface area (TPSA) is 101 Å². The van der Waals surface area contributed by atoms with Gasteiger partial charge in [0.1, 0.15) is 12.2 Å². The summed E-state index contributed by atoms with van der Waals surface area (Å²) in [6, 6.07) is 0. The van der Waals surface area contributed by atoms with E-state index < -0.39 is 29.8 Å². The Balaban J connectivity index is 4.36. The second-order valence-electron chi connectivity index (χ2n) is 4.87. The first-order chi connectivity index (χ1) is 6.71. The lowest BCUT2D eigenvalue weighted by Crippen LogP contribution is -2.49. The standard InChI is InChI=1S/C10H22O5/c1-10(2,3)9(15)8(14)7(13)6(12)4-5-11/h6-9,11-15H,4-5H2,1-3H3/t6-,7-,8?,9+/m0/s1. The average Bonchev–Trinajstić information content (AvgIpc) is 2.13. The molecular weight excluding hydrogens is 200 g/mol. The van der Waals surface area contributed by atoms with Crippen LogP contribution in [0.15, 0.2) is 0 Å².